The molecule has 0 nitrogen and oxygen atoms in total. The van der Waals surface area contributed by atoms with E-state index >= 15 is 0 Å². The standard InChI is InChI=1S/C11H13.2C4H9.Al/c1-8(2)11-6-9(3)5-10(4)7-11;2*1-4(2)3;/h1,5-7H,2-4H3;2*4H,1H2,2-3H3;. The Bertz CT molecular complexity index is 425. The first-order chi connectivity index (χ1) is 9.27. The number of benzene rings is 1. The average Bonchev–Trinajstić information content (AvgIpc) is 2.25. The van der Waals surface area contributed by atoms with Gasteiger partial charge in [-0.3, -0.25) is 0 Å². The molecule has 0 aliphatic rings. The normalized spacial score (nSPS) is 12.3. The van der Waals surface area contributed by atoms with Crippen LogP contribution in [0.2, 0.25) is 10.6 Å². The molecule has 0 saturated heterocycles. The van der Waals surface area contributed by atoms with E-state index in [1.165, 1.54) is 32.8 Å². The third-order valence-corrected chi connectivity index (χ3v) is 7.78. The molecule has 0 N–H and O–H groups in total. The molecule has 0 amide bonds. The fourth-order valence-corrected chi connectivity index (χ4v) is 6.88. The van der Waals surface area contributed by atoms with Crippen molar-refractivity contribution in [3.05, 3.63) is 39.8 Å². The predicted molar refractivity (Wildman–Crippen MR) is 94.6 cm³/mol. The van der Waals surface area contributed by atoms with Gasteiger partial charge in [-0.2, -0.15) is 0 Å². The van der Waals surface area contributed by atoms with Crippen molar-refractivity contribution in [3.63, 3.8) is 0 Å². The van der Waals surface area contributed by atoms with Crippen LogP contribution in [-0.2, 0) is 0 Å². The molecular formula is C19H31Al. The number of aryl methyl sites for hydroxylation is 2. The third-order valence-electron chi connectivity index (χ3n) is 3.71. The SMILES string of the molecule is C/C(=[CH]\[Al]([CH2]C(C)C)[CH2]C(C)C)c1cc(C)cc(C)c1. The molecule has 0 aromatic heterocycles. The van der Waals surface area contributed by atoms with Crippen molar-refractivity contribution >= 4 is 19.7 Å². The fourth-order valence-electron chi connectivity index (χ4n) is 3.10. The van der Waals surface area contributed by atoms with Gasteiger partial charge in [0.15, 0.2) is 0 Å². The molecule has 0 fully saturated rings. The summed E-state index contributed by atoms with van der Waals surface area (Å²) in [4.78, 5) is 2.65. The molecule has 1 aromatic carbocycles. The van der Waals surface area contributed by atoms with E-state index in [4.69, 9.17) is 0 Å². The molecule has 0 heterocycles. The number of hydrogen-bond donors (Lipinski definition) is 0. The van der Waals surface area contributed by atoms with Gasteiger partial charge in [0.2, 0.25) is 0 Å². The second-order valence-electron chi connectivity index (χ2n) is 7.25. The molecule has 1 aromatic rings. The minimum absolute atomic E-state index is 0.771. The third kappa shape index (κ3) is 6.29. The van der Waals surface area contributed by atoms with Crippen LogP contribution in [0.25, 0.3) is 5.57 Å². The van der Waals surface area contributed by atoms with Crippen LogP contribution in [0.5, 0.6) is 0 Å². The van der Waals surface area contributed by atoms with Gasteiger partial charge < -0.3 is 0 Å². The van der Waals surface area contributed by atoms with Crippen LogP contribution in [0, 0.1) is 25.7 Å². The van der Waals surface area contributed by atoms with Crippen molar-refractivity contribution in [2.45, 2.75) is 59.0 Å². The molecule has 110 valence electrons. The van der Waals surface area contributed by atoms with E-state index in [1.54, 1.807) is 0 Å². The van der Waals surface area contributed by atoms with Crippen LogP contribution >= 0.6 is 0 Å². The predicted octanol–water partition coefficient (Wildman–Crippen LogP) is 6.05. The van der Waals surface area contributed by atoms with Crippen LogP contribution in [0.15, 0.2) is 23.1 Å². The van der Waals surface area contributed by atoms with Gasteiger partial charge in [0, 0.05) is 0 Å². The van der Waals surface area contributed by atoms with E-state index < -0.39 is 14.1 Å². The molecule has 0 aliphatic carbocycles. The highest BCUT2D eigenvalue weighted by Gasteiger charge is 2.18. The molecule has 0 bridgehead atoms. The highest BCUT2D eigenvalue weighted by molar-refractivity contribution is 6.65. The topological polar surface area (TPSA) is 0 Å². The summed E-state index contributed by atoms with van der Waals surface area (Å²) in [5.74, 6) is 1.66. The van der Waals surface area contributed by atoms with Crippen LogP contribution in [0.3, 0.4) is 0 Å². The Kier molecular flexibility index (Phi) is 7.07. The van der Waals surface area contributed by atoms with Crippen LogP contribution in [-0.4, -0.2) is 14.1 Å². The lowest BCUT2D eigenvalue weighted by molar-refractivity contribution is 0.694. The first-order valence-electron chi connectivity index (χ1n) is 8.05. The fraction of sp³-hybridized carbons (Fsp3) is 0.579. The second-order valence-corrected chi connectivity index (χ2v) is 10.0. The summed E-state index contributed by atoms with van der Waals surface area (Å²) in [6, 6.07) is 6.91. The van der Waals surface area contributed by atoms with Crippen molar-refractivity contribution in [1.29, 1.82) is 0 Å². The molecular weight excluding hydrogens is 255 g/mol. The highest BCUT2D eigenvalue weighted by atomic mass is 27.2. The lowest BCUT2D eigenvalue weighted by Gasteiger charge is -2.15. The van der Waals surface area contributed by atoms with Crippen LogP contribution in [0.1, 0.15) is 51.3 Å². The minimum Gasteiger partial charge on any atom is -0.141 e. The monoisotopic (exact) mass is 286 g/mol. The van der Waals surface area contributed by atoms with Crippen molar-refractivity contribution in [2.75, 3.05) is 0 Å². The first-order valence-corrected chi connectivity index (χ1v) is 10.3. The maximum absolute atomic E-state index is 2.65. The van der Waals surface area contributed by atoms with E-state index in [0.717, 1.165) is 11.8 Å². The quantitative estimate of drug-likeness (QED) is 0.558. The number of allylic oxidation sites excluding steroid dienone is 1. The molecule has 0 saturated carbocycles. The van der Waals surface area contributed by atoms with Crippen molar-refractivity contribution < 1.29 is 0 Å². The van der Waals surface area contributed by atoms with Gasteiger partial charge in [0.05, 0.1) is 0 Å². The van der Waals surface area contributed by atoms with E-state index in [0.29, 0.717) is 0 Å². The zero-order valence-corrected chi connectivity index (χ0v) is 15.6. The molecule has 0 radical (unpaired) electrons. The zero-order valence-electron chi connectivity index (χ0n) is 14.5. The van der Waals surface area contributed by atoms with Gasteiger partial charge in [0.25, 0.3) is 14.1 Å². The Morgan fingerprint density at radius 3 is 1.80 bits per heavy atom. The van der Waals surface area contributed by atoms with Gasteiger partial charge in [-0.15, -0.1) is 4.94 Å². The van der Waals surface area contributed by atoms with E-state index in [-0.39, 0.29) is 0 Å². The smallest absolute Gasteiger partial charge is 0.141 e. The van der Waals surface area contributed by atoms with Gasteiger partial charge in [-0.25, -0.2) is 0 Å². The highest BCUT2D eigenvalue weighted by Crippen LogP contribution is 2.22. The summed E-state index contributed by atoms with van der Waals surface area (Å²) in [6.45, 7) is 16.1. The molecule has 0 atom stereocenters. The van der Waals surface area contributed by atoms with Gasteiger partial charge >= 0.3 is 0 Å². The summed E-state index contributed by atoms with van der Waals surface area (Å²) in [5.41, 5.74) is 5.67. The Morgan fingerprint density at radius 1 is 0.950 bits per heavy atom. The Labute approximate surface area is 130 Å². The summed E-state index contributed by atoms with van der Waals surface area (Å²) in [7, 11) is 0. The number of hydrogen-bond acceptors (Lipinski definition) is 0. The van der Waals surface area contributed by atoms with E-state index in [1.807, 2.05) is 0 Å². The maximum atomic E-state index is 2.65. The Morgan fingerprint density at radius 2 is 1.40 bits per heavy atom. The lowest BCUT2D eigenvalue weighted by atomic mass is 10.0. The molecule has 0 aliphatic heterocycles. The molecule has 0 spiro atoms. The second kappa shape index (κ2) is 8.06. The summed E-state index contributed by atoms with van der Waals surface area (Å²) in [6.07, 6.45) is 0. The summed E-state index contributed by atoms with van der Waals surface area (Å²) >= 11 is -0.771. The van der Waals surface area contributed by atoms with Gasteiger partial charge in [-0.1, -0.05) is 85.0 Å². The maximum Gasteiger partial charge on any atom is 0.295 e. The summed E-state index contributed by atoms with van der Waals surface area (Å²) < 4.78 is 0. The average molecular weight is 286 g/mol. The summed E-state index contributed by atoms with van der Waals surface area (Å²) in [5, 5.41) is 2.86. The lowest BCUT2D eigenvalue weighted by Crippen LogP contribution is -2.15. The van der Waals surface area contributed by atoms with Crippen LogP contribution in [0.4, 0.5) is 0 Å². The number of rotatable bonds is 6. The van der Waals surface area contributed by atoms with Crippen LogP contribution < -0.4 is 0 Å². The molecule has 0 unspecified atom stereocenters. The first kappa shape index (κ1) is 17.5. The molecule has 1 rings (SSSR count). The van der Waals surface area contributed by atoms with Crippen molar-refractivity contribution in [3.8, 4) is 0 Å². The minimum atomic E-state index is -0.771. The van der Waals surface area contributed by atoms with E-state index in [2.05, 4.69) is 71.6 Å². The molecule has 20 heavy (non-hydrogen) atoms. The Hall–Kier alpha value is -0.508. The van der Waals surface area contributed by atoms with Crippen molar-refractivity contribution in [2.24, 2.45) is 11.8 Å². The van der Waals surface area contributed by atoms with Gasteiger partial charge in [0.1, 0.15) is 0 Å². The Balaban J connectivity index is 2.96. The van der Waals surface area contributed by atoms with E-state index in [9.17, 15) is 0 Å². The van der Waals surface area contributed by atoms with Gasteiger partial charge in [-0.05, 0) is 26.3 Å². The molecule has 1 heteroatoms. The zero-order chi connectivity index (χ0) is 15.3. The largest absolute Gasteiger partial charge is 0.295 e. The van der Waals surface area contributed by atoms with Crippen molar-refractivity contribution in [1.82, 2.24) is 0 Å².